The van der Waals surface area contributed by atoms with Gasteiger partial charge in [0.1, 0.15) is 0 Å². The van der Waals surface area contributed by atoms with Gasteiger partial charge >= 0.3 is 5.97 Å². The first kappa shape index (κ1) is 18.2. The zero-order valence-electron chi connectivity index (χ0n) is 15.5. The number of carboxylic acids is 1. The average molecular weight is 355 g/mol. The highest BCUT2D eigenvalue weighted by Crippen LogP contribution is 2.25. The molecule has 2 aromatic rings. The molecule has 1 aromatic heterocycles. The summed E-state index contributed by atoms with van der Waals surface area (Å²) in [4.78, 5) is 26.0. The van der Waals surface area contributed by atoms with Crippen molar-refractivity contribution in [3.8, 4) is 0 Å². The molecule has 6 heteroatoms. The third-order valence-electron chi connectivity index (χ3n) is 5.17. The van der Waals surface area contributed by atoms with Gasteiger partial charge in [0.25, 0.3) is 5.91 Å². The van der Waals surface area contributed by atoms with Crippen molar-refractivity contribution in [1.29, 1.82) is 0 Å². The molecule has 6 nitrogen and oxygen atoms in total. The van der Waals surface area contributed by atoms with Gasteiger partial charge in [0.15, 0.2) is 0 Å². The molecule has 1 aliphatic heterocycles. The molecule has 1 aliphatic rings. The van der Waals surface area contributed by atoms with Crippen LogP contribution in [0.3, 0.4) is 0 Å². The van der Waals surface area contributed by atoms with E-state index in [-0.39, 0.29) is 5.91 Å². The molecule has 0 spiro atoms. The number of carbonyl (C=O) groups excluding carboxylic acids is 1. The van der Waals surface area contributed by atoms with Crippen LogP contribution in [0.5, 0.6) is 0 Å². The number of aryl methyl sites for hydroxylation is 2. The van der Waals surface area contributed by atoms with Crippen LogP contribution in [0.4, 0.5) is 0 Å². The van der Waals surface area contributed by atoms with Gasteiger partial charge in [0.2, 0.25) is 0 Å². The fourth-order valence-corrected chi connectivity index (χ4v) is 3.82. The molecule has 0 saturated carbocycles. The third kappa shape index (κ3) is 3.49. The molecule has 1 N–H and O–H groups in total. The number of amides is 1. The van der Waals surface area contributed by atoms with E-state index in [0.717, 1.165) is 48.4 Å². The molecule has 1 atom stereocenters. The van der Waals surface area contributed by atoms with E-state index in [1.54, 1.807) is 18.2 Å². The molecule has 138 valence electrons. The number of hydrogen-bond acceptors (Lipinski definition) is 3. The topological polar surface area (TPSA) is 75.4 Å². The highest BCUT2D eigenvalue weighted by Gasteiger charge is 2.30. The van der Waals surface area contributed by atoms with Gasteiger partial charge in [-0.3, -0.25) is 9.48 Å². The molecule has 3 rings (SSSR count). The van der Waals surface area contributed by atoms with Gasteiger partial charge in [-0.05, 0) is 57.2 Å². The van der Waals surface area contributed by atoms with Crippen molar-refractivity contribution < 1.29 is 14.7 Å². The van der Waals surface area contributed by atoms with E-state index in [0.29, 0.717) is 18.0 Å². The lowest BCUT2D eigenvalue weighted by molar-refractivity contribution is 0.0696. The van der Waals surface area contributed by atoms with E-state index in [2.05, 4.69) is 5.10 Å². The quantitative estimate of drug-likeness (QED) is 0.895. The molecule has 0 radical (unpaired) electrons. The van der Waals surface area contributed by atoms with E-state index in [1.165, 1.54) is 0 Å². The van der Waals surface area contributed by atoms with Crippen LogP contribution in [0, 0.1) is 19.8 Å². The number of likely N-dealkylation sites (tertiary alicyclic amines) is 1. The number of hydrogen-bond donors (Lipinski definition) is 1. The minimum atomic E-state index is -0.908. The van der Waals surface area contributed by atoms with Crippen LogP contribution in [0.15, 0.2) is 24.3 Å². The summed E-state index contributed by atoms with van der Waals surface area (Å²) < 4.78 is 1.87. The Kier molecular flexibility index (Phi) is 5.11. The SMILES string of the molecule is CCn1nc(C)c(C(=O)N2CC[C@@H](Cc3cccc(C(=O)O)c3)C2)c1C. The number of carbonyl (C=O) groups is 2. The Morgan fingerprint density at radius 2 is 2.08 bits per heavy atom. The van der Waals surface area contributed by atoms with Crippen LogP contribution in [0.2, 0.25) is 0 Å². The largest absolute Gasteiger partial charge is 0.478 e. The molecule has 0 aliphatic carbocycles. The Morgan fingerprint density at radius 3 is 2.73 bits per heavy atom. The van der Waals surface area contributed by atoms with Crippen molar-refractivity contribution >= 4 is 11.9 Å². The first-order chi connectivity index (χ1) is 12.4. The van der Waals surface area contributed by atoms with Crippen molar-refractivity contribution in [3.63, 3.8) is 0 Å². The maximum absolute atomic E-state index is 13.0. The van der Waals surface area contributed by atoms with E-state index in [1.807, 2.05) is 36.4 Å². The molecule has 1 aromatic carbocycles. The van der Waals surface area contributed by atoms with Crippen LogP contribution in [-0.2, 0) is 13.0 Å². The minimum Gasteiger partial charge on any atom is -0.478 e. The number of aromatic nitrogens is 2. The summed E-state index contributed by atoms with van der Waals surface area (Å²) >= 11 is 0. The summed E-state index contributed by atoms with van der Waals surface area (Å²) in [6.07, 6.45) is 1.72. The molecule has 1 saturated heterocycles. The van der Waals surface area contributed by atoms with Gasteiger partial charge in [-0.1, -0.05) is 12.1 Å². The second-order valence-electron chi connectivity index (χ2n) is 6.98. The smallest absolute Gasteiger partial charge is 0.335 e. The Labute approximate surface area is 153 Å². The molecular formula is C20H25N3O3. The Morgan fingerprint density at radius 1 is 1.31 bits per heavy atom. The summed E-state index contributed by atoms with van der Waals surface area (Å²) in [7, 11) is 0. The molecule has 1 fully saturated rings. The number of benzene rings is 1. The van der Waals surface area contributed by atoms with Crippen LogP contribution in [0.25, 0.3) is 0 Å². The summed E-state index contributed by atoms with van der Waals surface area (Å²) in [6, 6.07) is 7.07. The van der Waals surface area contributed by atoms with Crippen molar-refractivity contribution in [2.45, 2.75) is 40.2 Å². The van der Waals surface area contributed by atoms with E-state index in [4.69, 9.17) is 5.11 Å². The molecule has 0 unspecified atom stereocenters. The number of aromatic carboxylic acids is 1. The van der Waals surface area contributed by atoms with Crippen LogP contribution in [-0.4, -0.2) is 44.8 Å². The standard InChI is InChI=1S/C20H25N3O3/c1-4-23-14(3)18(13(2)21-23)19(24)22-9-8-16(12-22)10-15-6-5-7-17(11-15)20(25)26/h5-7,11,16H,4,8-10,12H2,1-3H3,(H,25,26)/t16-/m0/s1. The van der Waals surface area contributed by atoms with Crippen LogP contribution in [0.1, 0.15) is 51.0 Å². The van der Waals surface area contributed by atoms with Gasteiger partial charge in [-0.2, -0.15) is 5.10 Å². The molecule has 1 amide bonds. The van der Waals surface area contributed by atoms with Crippen LogP contribution >= 0.6 is 0 Å². The summed E-state index contributed by atoms with van der Waals surface area (Å²) in [6.45, 7) is 8.04. The number of rotatable bonds is 5. The fourth-order valence-electron chi connectivity index (χ4n) is 3.82. The van der Waals surface area contributed by atoms with Gasteiger partial charge in [0.05, 0.1) is 16.8 Å². The van der Waals surface area contributed by atoms with E-state index >= 15 is 0 Å². The average Bonchev–Trinajstić information content (AvgIpc) is 3.19. The van der Waals surface area contributed by atoms with Crippen molar-refractivity contribution in [3.05, 3.63) is 52.3 Å². The normalized spacial score (nSPS) is 16.9. The number of nitrogens with zero attached hydrogens (tertiary/aromatic N) is 3. The number of carboxylic acid groups (broad SMARTS) is 1. The van der Waals surface area contributed by atoms with E-state index in [9.17, 15) is 9.59 Å². The van der Waals surface area contributed by atoms with Gasteiger partial charge < -0.3 is 10.0 Å². The summed E-state index contributed by atoms with van der Waals surface area (Å²) in [5, 5.41) is 13.6. The lowest BCUT2D eigenvalue weighted by atomic mass is 9.97. The van der Waals surface area contributed by atoms with E-state index < -0.39 is 5.97 Å². The highest BCUT2D eigenvalue weighted by atomic mass is 16.4. The summed E-state index contributed by atoms with van der Waals surface area (Å²) in [5.41, 5.74) is 3.75. The van der Waals surface area contributed by atoms with Crippen molar-refractivity contribution in [2.75, 3.05) is 13.1 Å². The first-order valence-electron chi connectivity index (χ1n) is 9.06. The Bertz CT molecular complexity index is 841. The predicted molar refractivity (Wildman–Crippen MR) is 98.5 cm³/mol. The van der Waals surface area contributed by atoms with Gasteiger partial charge in [0, 0.05) is 25.3 Å². The molecule has 0 bridgehead atoms. The van der Waals surface area contributed by atoms with Crippen molar-refractivity contribution in [2.24, 2.45) is 5.92 Å². The summed E-state index contributed by atoms with van der Waals surface area (Å²) in [5.74, 6) is -0.500. The Balaban J connectivity index is 1.69. The predicted octanol–water partition coefficient (Wildman–Crippen LogP) is 2.92. The van der Waals surface area contributed by atoms with Crippen LogP contribution < -0.4 is 0 Å². The molecule has 2 heterocycles. The van der Waals surface area contributed by atoms with Gasteiger partial charge in [-0.25, -0.2) is 4.79 Å². The lowest BCUT2D eigenvalue weighted by Gasteiger charge is -2.17. The zero-order valence-corrected chi connectivity index (χ0v) is 15.5. The minimum absolute atomic E-state index is 0.0569. The second-order valence-corrected chi connectivity index (χ2v) is 6.98. The maximum atomic E-state index is 13.0. The highest BCUT2D eigenvalue weighted by molar-refractivity contribution is 5.96. The van der Waals surface area contributed by atoms with Gasteiger partial charge in [-0.15, -0.1) is 0 Å². The molecule has 26 heavy (non-hydrogen) atoms. The second kappa shape index (κ2) is 7.32. The first-order valence-corrected chi connectivity index (χ1v) is 9.06. The van der Waals surface area contributed by atoms with Crippen molar-refractivity contribution in [1.82, 2.24) is 14.7 Å². The fraction of sp³-hybridized carbons (Fsp3) is 0.450. The lowest BCUT2D eigenvalue weighted by Crippen LogP contribution is -2.29. The monoisotopic (exact) mass is 355 g/mol. The Hall–Kier alpha value is -2.63. The molecular weight excluding hydrogens is 330 g/mol. The zero-order chi connectivity index (χ0) is 18.8. The third-order valence-corrected chi connectivity index (χ3v) is 5.17. The maximum Gasteiger partial charge on any atom is 0.335 e.